The molecule has 1 N–H and O–H groups in total. The van der Waals surface area contributed by atoms with Crippen molar-refractivity contribution in [1.82, 2.24) is 0 Å². The van der Waals surface area contributed by atoms with E-state index in [1.54, 1.807) is 6.07 Å². The Morgan fingerprint density at radius 3 is 2.30 bits per heavy atom. The summed E-state index contributed by atoms with van der Waals surface area (Å²) >= 11 is 0. The van der Waals surface area contributed by atoms with Crippen LogP contribution in [0.5, 0.6) is 0 Å². The molecule has 1 aliphatic heterocycles. The van der Waals surface area contributed by atoms with Gasteiger partial charge in [0.25, 0.3) is 5.91 Å². The molecule has 0 spiro atoms. The average Bonchev–Trinajstić information content (AvgIpc) is 2.64. The molecule has 0 radical (unpaired) electrons. The first-order chi connectivity index (χ1) is 12.8. The van der Waals surface area contributed by atoms with Gasteiger partial charge >= 0.3 is 6.18 Å². The van der Waals surface area contributed by atoms with Crippen LogP contribution in [0, 0.1) is 13.8 Å². The number of aryl methyl sites for hydroxylation is 2. The van der Waals surface area contributed by atoms with Crippen molar-refractivity contribution in [3.63, 3.8) is 0 Å². The minimum atomic E-state index is -4.49. The van der Waals surface area contributed by atoms with E-state index in [0.717, 1.165) is 55.6 Å². The normalized spacial score (nSPS) is 14.9. The van der Waals surface area contributed by atoms with Crippen LogP contribution in [0.15, 0.2) is 36.4 Å². The number of hydrogen-bond donors (Lipinski definition) is 1. The monoisotopic (exact) mass is 376 g/mol. The number of piperidine rings is 1. The molecule has 1 fully saturated rings. The van der Waals surface area contributed by atoms with E-state index in [2.05, 4.69) is 5.32 Å². The zero-order chi connectivity index (χ0) is 19.6. The number of anilines is 2. The number of hydrogen-bond acceptors (Lipinski definition) is 2. The zero-order valence-electron chi connectivity index (χ0n) is 15.5. The predicted octanol–water partition coefficient (Wildman–Crippen LogP) is 5.56. The Hall–Kier alpha value is -2.50. The lowest BCUT2D eigenvalue weighted by molar-refractivity contribution is -0.137. The van der Waals surface area contributed by atoms with Crippen LogP contribution in [0.25, 0.3) is 0 Å². The molecule has 0 bridgehead atoms. The van der Waals surface area contributed by atoms with E-state index in [9.17, 15) is 18.0 Å². The van der Waals surface area contributed by atoms with Crippen molar-refractivity contribution in [1.29, 1.82) is 0 Å². The van der Waals surface area contributed by atoms with Gasteiger partial charge in [0.05, 0.1) is 11.1 Å². The Kier molecular flexibility index (Phi) is 5.44. The third kappa shape index (κ3) is 4.43. The SMILES string of the molecule is Cc1ccc(NC(=O)c2cc(C(F)(F)F)ccc2N2CCCCC2)cc1C. The van der Waals surface area contributed by atoms with Crippen molar-refractivity contribution < 1.29 is 18.0 Å². The maximum Gasteiger partial charge on any atom is 0.416 e. The molecule has 2 aromatic rings. The highest BCUT2D eigenvalue weighted by molar-refractivity contribution is 6.08. The molecular formula is C21H23F3N2O. The van der Waals surface area contributed by atoms with E-state index >= 15 is 0 Å². The summed E-state index contributed by atoms with van der Waals surface area (Å²) in [5.41, 5.74) is 2.47. The van der Waals surface area contributed by atoms with Crippen LogP contribution in [0.4, 0.5) is 24.5 Å². The molecule has 3 nitrogen and oxygen atoms in total. The second-order valence-corrected chi connectivity index (χ2v) is 7.03. The molecule has 1 heterocycles. The Balaban J connectivity index is 1.96. The van der Waals surface area contributed by atoms with Crippen LogP contribution in [0.3, 0.4) is 0 Å². The molecule has 1 aliphatic rings. The molecule has 3 rings (SSSR count). The number of rotatable bonds is 3. The minimum Gasteiger partial charge on any atom is -0.371 e. The van der Waals surface area contributed by atoms with Gasteiger partial charge < -0.3 is 10.2 Å². The summed E-state index contributed by atoms with van der Waals surface area (Å²) in [6, 6.07) is 8.89. The summed E-state index contributed by atoms with van der Waals surface area (Å²) in [6.07, 6.45) is -1.45. The number of halogens is 3. The summed E-state index contributed by atoms with van der Waals surface area (Å²) in [5, 5.41) is 2.75. The smallest absolute Gasteiger partial charge is 0.371 e. The minimum absolute atomic E-state index is 0.0601. The van der Waals surface area contributed by atoms with Crippen LogP contribution in [-0.2, 0) is 6.18 Å². The van der Waals surface area contributed by atoms with Crippen molar-refractivity contribution in [2.24, 2.45) is 0 Å². The highest BCUT2D eigenvalue weighted by Gasteiger charge is 2.32. The zero-order valence-corrected chi connectivity index (χ0v) is 15.5. The Morgan fingerprint density at radius 1 is 0.963 bits per heavy atom. The van der Waals surface area contributed by atoms with Gasteiger partial charge in [-0.3, -0.25) is 4.79 Å². The first-order valence-electron chi connectivity index (χ1n) is 9.10. The molecule has 1 saturated heterocycles. The first kappa shape index (κ1) is 19.3. The molecule has 27 heavy (non-hydrogen) atoms. The third-order valence-electron chi connectivity index (χ3n) is 5.03. The van der Waals surface area contributed by atoms with Gasteiger partial charge in [0.1, 0.15) is 0 Å². The van der Waals surface area contributed by atoms with Crippen molar-refractivity contribution in [2.75, 3.05) is 23.3 Å². The van der Waals surface area contributed by atoms with Crippen molar-refractivity contribution >= 4 is 17.3 Å². The molecule has 0 aromatic heterocycles. The number of alkyl halides is 3. The molecule has 0 unspecified atom stereocenters. The Bertz CT molecular complexity index is 840. The fraction of sp³-hybridized carbons (Fsp3) is 0.381. The second kappa shape index (κ2) is 7.62. The van der Waals surface area contributed by atoms with E-state index in [-0.39, 0.29) is 5.56 Å². The van der Waals surface area contributed by atoms with Gasteiger partial charge in [-0.25, -0.2) is 0 Å². The molecular weight excluding hydrogens is 353 g/mol. The van der Waals surface area contributed by atoms with Gasteiger partial charge in [-0.05, 0) is 74.6 Å². The van der Waals surface area contributed by atoms with E-state index in [1.165, 1.54) is 6.07 Å². The topological polar surface area (TPSA) is 32.3 Å². The van der Waals surface area contributed by atoms with E-state index in [1.807, 2.05) is 30.9 Å². The fourth-order valence-electron chi connectivity index (χ4n) is 3.32. The molecule has 144 valence electrons. The van der Waals surface area contributed by atoms with Crippen LogP contribution >= 0.6 is 0 Å². The van der Waals surface area contributed by atoms with Crippen LogP contribution in [-0.4, -0.2) is 19.0 Å². The van der Waals surface area contributed by atoms with Crippen molar-refractivity contribution in [3.8, 4) is 0 Å². The summed E-state index contributed by atoms with van der Waals surface area (Å²) in [6.45, 7) is 5.38. The standard InChI is InChI=1S/C21H23F3N2O/c1-14-6-8-17(12-15(14)2)25-20(27)18-13-16(21(22,23)24)7-9-19(18)26-10-4-3-5-11-26/h6-9,12-13H,3-5,10-11H2,1-2H3,(H,25,27). The van der Waals surface area contributed by atoms with Gasteiger partial charge in [-0.15, -0.1) is 0 Å². The Morgan fingerprint density at radius 2 is 1.67 bits per heavy atom. The number of benzene rings is 2. The van der Waals surface area contributed by atoms with Crippen LogP contribution < -0.4 is 10.2 Å². The lowest BCUT2D eigenvalue weighted by Gasteiger charge is -2.30. The largest absolute Gasteiger partial charge is 0.416 e. The molecule has 0 saturated carbocycles. The maximum absolute atomic E-state index is 13.2. The van der Waals surface area contributed by atoms with Gasteiger partial charge in [0.2, 0.25) is 0 Å². The number of amides is 1. The van der Waals surface area contributed by atoms with Gasteiger partial charge in [0, 0.05) is 24.5 Å². The average molecular weight is 376 g/mol. The van der Waals surface area contributed by atoms with Crippen molar-refractivity contribution in [3.05, 3.63) is 58.7 Å². The number of carbonyl (C=O) groups is 1. The molecule has 0 atom stereocenters. The first-order valence-corrected chi connectivity index (χ1v) is 9.10. The van der Waals surface area contributed by atoms with Gasteiger partial charge in [-0.2, -0.15) is 13.2 Å². The van der Waals surface area contributed by atoms with E-state index in [0.29, 0.717) is 11.4 Å². The number of nitrogens with one attached hydrogen (secondary N) is 1. The van der Waals surface area contributed by atoms with Crippen LogP contribution in [0.2, 0.25) is 0 Å². The lowest BCUT2D eigenvalue weighted by Crippen LogP contribution is -2.31. The summed E-state index contributed by atoms with van der Waals surface area (Å²) in [4.78, 5) is 14.8. The Labute approximate surface area is 157 Å². The number of carbonyl (C=O) groups excluding carboxylic acids is 1. The molecule has 2 aromatic carbocycles. The van der Waals surface area contributed by atoms with E-state index < -0.39 is 17.6 Å². The predicted molar refractivity (Wildman–Crippen MR) is 101 cm³/mol. The maximum atomic E-state index is 13.2. The van der Waals surface area contributed by atoms with Gasteiger partial charge in [0.15, 0.2) is 0 Å². The number of nitrogens with zero attached hydrogens (tertiary/aromatic N) is 1. The van der Waals surface area contributed by atoms with Gasteiger partial charge in [-0.1, -0.05) is 6.07 Å². The van der Waals surface area contributed by atoms with Crippen LogP contribution in [0.1, 0.15) is 46.3 Å². The highest BCUT2D eigenvalue weighted by atomic mass is 19.4. The van der Waals surface area contributed by atoms with E-state index in [4.69, 9.17) is 0 Å². The van der Waals surface area contributed by atoms with Crippen molar-refractivity contribution in [2.45, 2.75) is 39.3 Å². The second-order valence-electron chi connectivity index (χ2n) is 7.03. The summed E-state index contributed by atoms with van der Waals surface area (Å²) < 4.78 is 39.6. The summed E-state index contributed by atoms with van der Waals surface area (Å²) in [7, 11) is 0. The fourth-order valence-corrected chi connectivity index (χ4v) is 3.32. The highest BCUT2D eigenvalue weighted by Crippen LogP contribution is 2.34. The lowest BCUT2D eigenvalue weighted by atomic mass is 10.0. The quantitative estimate of drug-likeness (QED) is 0.760. The summed E-state index contributed by atoms with van der Waals surface area (Å²) in [5.74, 6) is -0.523. The third-order valence-corrected chi connectivity index (χ3v) is 5.03. The molecule has 6 heteroatoms. The molecule has 1 amide bonds. The molecule has 0 aliphatic carbocycles.